The average molecular weight is 315 g/mol. The minimum Gasteiger partial charge on any atom is -0.460 e. The molecule has 1 aliphatic carbocycles. The van der Waals surface area contributed by atoms with E-state index in [4.69, 9.17) is 14.2 Å². The molecule has 120 valence electrons. The van der Waals surface area contributed by atoms with Gasteiger partial charge in [-0.3, -0.25) is 4.79 Å². The largest absolute Gasteiger partial charge is 0.460 e. The van der Waals surface area contributed by atoms with Crippen molar-refractivity contribution in [3.8, 4) is 28.9 Å². The monoisotopic (exact) mass is 315 g/mol. The Morgan fingerprint density at radius 1 is 1.30 bits per heavy atom. The second-order valence-corrected chi connectivity index (χ2v) is 5.98. The summed E-state index contributed by atoms with van der Waals surface area (Å²) in [5.41, 5.74) is 0.745. The van der Waals surface area contributed by atoms with Gasteiger partial charge in [0.25, 0.3) is 5.91 Å². The Morgan fingerprint density at radius 3 is 2.83 bits per heavy atom. The van der Waals surface area contributed by atoms with Crippen molar-refractivity contribution < 1.29 is 19.0 Å². The maximum Gasteiger partial charge on any atom is 0.336 e. The number of hydrogen-bond donors (Lipinski definition) is 0. The number of rotatable bonds is 4. The van der Waals surface area contributed by atoms with Crippen molar-refractivity contribution >= 4 is 5.91 Å². The van der Waals surface area contributed by atoms with Crippen LogP contribution >= 0.6 is 0 Å². The van der Waals surface area contributed by atoms with E-state index in [9.17, 15) is 4.79 Å². The van der Waals surface area contributed by atoms with Gasteiger partial charge in [0, 0.05) is 11.5 Å². The van der Waals surface area contributed by atoms with Crippen LogP contribution in [0.2, 0.25) is 0 Å². The molecule has 7 heteroatoms. The van der Waals surface area contributed by atoms with Gasteiger partial charge in [0.05, 0.1) is 6.10 Å². The van der Waals surface area contributed by atoms with Crippen molar-refractivity contribution in [2.75, 3.05) is 6.79 Å². The van der Waals surface area contributed by atoms with Gasteiger partial charge in [-0.15, -0.1) is 5.10 Å². The summed E-state index contributed by atoms with van der Waals surface area (Å²) in [6.07, 6.45) is 1.74. The first-order valence-corrected chi connectivity index (χ1v) is 7.70. The Kier molecular flexibility index (Phi) is 3.21. The van der Waals surface area contributed by atoms with Crippen LogP contribution in [0.25, 0.3) is 11.4 Å². The first-order chi connectivity index (χ1) is 11.1. The predicted octanol–water partition coefficient (Wildman–Crippen LogP) is 2.51. The smallest absolute Gasteiger partial charge is 0.336 e. The third-order valence-corrected chi connectivity index (χ3v) is 3.69. The molecule has 4 rings (SSSR count). The fourth-order valence-corrected chi connectivity index (χ4v) is 2.43. The van der Waals surface area contributed by atoms with Crippen LogP contribution in [0, 0.1) is 5.92 Å². The van der Waals surface area contributed by atoms with Crippen molar-refractivity contribution in [2.24, 2.45) is 5.92 Å². The summed E-state index contributed by atoms with van der Waals surface area (Å²) in [5.74, 6) is 1.80. The van der Waals surface area contributed by atoms with E-state index in [1.54, 1.807) is 6.07 Å². The zero-order valence-electron chi connectivity index (χ0n) is 13.0. The third-order valence-electron chi connectivity index (χ3n) is 3.69. The molecule has 0 spiro atoms. The first kappa shape index (κ1) is 14.0. The van der Waals surface area contributed by atoms with Gasteiger partial charge in [-0.1, -0.05) is 0 Å². The van der Waals surface area contributed by atoms with Gasteiger partial charge >= 0.3 is 6.01 Å². The Hall–Kier alpha value is -2.57. The van der Waals surface area contributed by atoms with Crippen LogP contribution in [0.4, 0.5) is 0 Å². The van der Waals surface area contributed by atoms with Crippen LogP contribution in [0.5, 0.6) is 17.5 Å². The lowest BCUT2D eigenvalue weighted by Crippen LogP contribution is -2.16. The third kappa shape index (κ3) is 2.62. The molecule has 2 aliphatic rings. The van der Waals surface area contributed by atoms with E-state index in [0.717, 1.165) is 18.4 Å². The van der Waals surface area contributed by atoms with Crippen molar-refractivity contribution in [1.82, 2.24) is 14.8 Å². The van der Waals surface area contributed by atoms with E-state index in [-0.39, 0.29) is 30.7 Å². The van der Waals surface area contributed by atoms with E-state index in [0.29, 0.717) is 17.3 Å². The Labute approximate surface area is 133 Å². The summed E-state index contributed by atoms with van der Waals surface area (Å²) in [4.78, 5) is 16.9. The molecule has 1 fully saturated rings. The highest BCUT2D eigenvalue weighted by Gasteiger charge is 2.34. The molecule has 0 amide bonds. The molecule has 2 aromatic rings. The predicted molar refractivity (Wildman–Crippen MR) is 80.7 cm³/mol. The molecule has 1 saturated carbocycles. The lowest BCUT2D eigenvalue weighted by atomic mass is 10.2. The van der Waals surface area contributed by atoms with E-state index >= 15 is 0 Å². The average Bonchev–Trinajstić information content (AvgIpc) is 3.12. The fraction of sp³-hybridized carbons (Fsp3) is 0.438. The summed E-state index contributed by atoms with van der Waals surface area (Å²) in [7, 11) is 0. The van der Waals surface area contributed by atoms with Crippen molar-refractivity contribution in [3.05, 3.63) is 18.2 Å². The lowest BCUT2D eigenvalue weighted by Gasteiger charge is -2.04. The minimum absolute atomic E-state index is 0.0382. The number of nitrogens with zero attached hydrogens (tertiary/aromatic N) is 3. The van der Waals surface area contributed by atoms with Crippen molar-refractivity contribution in [1.29, 1.82) is 0 Å². The number of carbonyl (C=O) groups is 1. The molecule has 1 aromatic carbocycles. The number of carbonyl (C=O) groups excluding carboxylic acids is 1. The van der Waals surface area contributed by atoms with Crippen LogP contribution in [-0.4, -0.2) is 33.6 Å². The zero-order valence-corrected chi connectivity index (χ0v) is 13.0. The summed E-state index contributed by atoms with van der Waals surface area (Å²) in [6.45, 7) is 3.99. The molecule has 0 N–H and O–H groups in total. The lowest BCUT2D eigenvalue weighted by molar-refractivity contribution is 0.0868. The molecular weight excluding hydrogens is 298 g/mol. The van der Waals surface area contributed by atoms with Gasteiger partial charge in [-0.2, -0.15) is 9.67 Å². The van der Waals surface area contributed by atoms with Gasteiger partial charge in [0.1, 0.15) is 0 Å². The topological polar surface area (TPSA) is 75.5 Å². The molecule has 7 nitrogen and oxygen atoms in total. The summed E-state index contributed by atoms with van der Waals surface area (Å²) < 4.78 is 17.6. The van der Waals surface area contributed by atoms with E-state index in [1.807, 2.05) is 26.0 Å². The van der Waals surface area contributed by atoms with Crippen LogP contribution in [0.1, 0.15) is 31.5 Å². The van der Waals surface area contributed by atoms with Crippen molar-refractivity contribution in [3.63, 3.8) is 0 Å². The van der Waals surface area contributed by atoms with Crippen LogP contribution < -0.4 is 14.2 Å². The SMILES string of the molecule is CC(C)Oc1nc(-c2ccc3c(c2)OCO3)n(C(=O)C2CC2)n1. The van der Waals surface area contributed by atoms with Crippen LogP contribution in [-0.2, 0) is 0 Å². The van der Waals surface area contributed by atoms with Crippen LogP contribution in [0.15, 0.2) is 18.2 Å². The van der Waals surface area contributed by atoms with Gasteiger partial charge in [0.2, 0.25) is 6.79 Å². The number of benzene rings is 1. The minimum atomic E-state index is -0.0634. The normalized spacial score (nSPS) is 16.0. The Balaban J connectivity index is 1.76. The summed E-state index contributed by atoms with van der Waals surface area (Å²) in [5, 5.41) is 4.24. The molecule has 0 radical (unpaired) electrons. The highest BCUT2D eigenvalue weighted by molar-refractivity contribution is 5.86. The number of aromatic nitrogens is 3. The van der Waals surface area contributed by atoms with Gasteiger partial charge in [-0.25, -0.2) is 0 Å². The number of fused-ring (bicyclic) bond motifs is 1. The molecule has 23 heavy (non-hydrogen) atoms. The molecule has 0 bridgehead atoms. The second kappa shape index (κ2) is 5.26. The zero-order chi connectivity index (χ0) is 16.0. The molecule has 0 unspecified atom stereocenters. The maximum absolute atomic E-state index is 12.5. The highest BCUT2D eigenvalue weighted by atomic mass is 16.7. The summed E-state index contributed by atoms with van der Waals surface area (Å²) in [6, 6.07) is 5.67. The van der Waals surface area contributed by atoms with Gasteiger partial charge in [-0.05, 0) is 44.9 Å². The molecule has 0 saturated heterocycles. The first-order valence-electron chi connectivity index (χ1n) is 7.70. The quantitative estimate of drug-likeness (QED) is 0.863. The van der Waals surface area contributed by atoms with Crippen LogP contribution in [0.3, 0.4) is 0 Å². The standard InChI is InChI=1S/C16H17N3O4/c1-9(2)23-16-17-14(19(18-16)15(20)10-3-4-10)11-5-6-12-13(7-11)22-8-21-12/h5-7,9-10H,3-4,8H2,1-2H3. The van der Waals surface area contributed by atoms with E-state index < -0.39 is 0 Å². The van der Waals surface area contributed by atoms with E-state index in [1.165, 1.54) is 4.68 Å². The number of ether oxygens (including phenoxy) is 3. The highest BCUT2D eigenvalue weighted by Crippen LogP contribution is 2.37. The molecule has 1 aliphatic heterocycles. The van der Waals surface area contributed by atoms with Gasteiger partial charge < -0.3 is 14.2 Å². The second-order valence-electron chi connectivity index (χ2n) is 5.98. The van der Waals surface area contributed by atoms with Crippen molar-refractivity contribution in [2.45, 2.75) is 32.8 Å². The fourth-order valence-electron chi connectivity index (χ4n) is 2.43. The Bertz CT molecular complexity index is 765. The van der Waals surface area contributed by atoms with Gasteiger partial charge in [0.15, 0.2) is 17.3 Å². The maximum atomic E-state index is 12.5. The Morgan fingerprint density at radius 2 is 2.09 bits per heavy atom. The molecule has 0 atom stereocenters. The molecule has 1 aromatic heterocycles. The van der Waals surface area contributed by atoms with E-state index in [2.05, 4.69) is 10.1 Å². The molecule has 2 heterocycles. The summed E-state index contributed by atoms with van der Waals surface area (Å²) >= 11 is 0. The molecular formula is C16H17N3O4. The number of hydrogen-bond acceptors (Lipinski definition) is 6.